The summed E-state index contributed by atoms with van der Waals surface area (Å²) < 4.78 is 13.3. The van der Waals surface area contributed by atoms with Crippen LogP contribution >= 0.6 is 54.5 Å². The highest BCUT2D eigenvalue weighted by atomic mass is 127. The van der Waals surface area contributed by atoms with Crippen molar-refractivity contribution in [3.8, 4) is 11.5 Å². The average molecular weight is 528 g/mol. The number of hydrogen-bond donors (Lipinski definition) is 1. The number of halogens is 3. The molecule has 2 aromatic carbocycles. The van der Waals surface area contributed by atoms with Gasteiger partial charge in [0.05, 0.1) is 14.2 Å². The van der Waals surface area contributed by atoms with Crippen molar-refractivity contribution in [1.82, 2.24) is 0 Å². The van der Waals surface area contributed by atoms with Gasteiger partial charge in [0.15, 0.2) is 0 Å². The number of ether oxygens (including phenoxy) is 2. The van der Waals surface area contributed by atoms with Crippen molar-refractivity contribution in [2.24, 2.45) is 0 Å². The zero-order valence-corrected chi connectivity index (χ0v) is 16.7. The molecule has 0 fully saturated rings. The van der Waals surface area contributed by atoms with E-state index in [1.807, 2.05) is 24.3 Å². The molecule has 1 unspecified atom stereocenters. The Labute approximate surface area is 154 Å². The lowest BCUT2D eigenvalue weighted by molar-refractivity contribution is 0.213. The van der Waals surface area contributed by atoms with Gasteiger partial charge in [-0.3, -0.25) is 0 Å². The van der Waals surface area contributed by atoms with Crippen LogP contribution in [-0.2, 0) is 0 Å². The van der Waals surface area contributed by atoms with Crippen molar-refractivity contribution < 1.29 is 14.6 Å². The third-order valence-electron chi connectivity index (χ3n) is 3.06. The minimum absolute atomic E-state index is 0.567. The Bertz CT molecular complexity index is 662. The maximum Gasteiger partial charge on any atom is 0.142 e. The van der Waals surface area contributed by atoms with E-state index >= 15 is 0 Å². The highest BCUT2D eigenvalue weighted by molar-refractivity contribution is 14.1. The van der Waals surface area contributed by atoms with Gasteiger partial charge in [0.25, 0.3) is 0 Å². The Hall–Kier alpha value is -0.310. The van der Waals surface area contributed by atoms with Crippen LogP contribution in [0.25, 0.3) is 0 Å². The molecule has 2 aromatic rings. The molecule has 21 heavy (non-hydrogen) atoms. The molecule has 0 bridgehead atoms. The van der Waals surface area contributed by atoms with E-state index in [0.29, 0.717) is 21.5 Å². The van der Waals surface area contributed by atoms with Crippen LogP contribution in [0.1, 0.15) is 17.2 Å². The predicted octanol–water partition coefficient (Wildman–Crippen LogP) is 4.92. The van der Waals surface area contributed by atoms with Crippen molar-refractivity contribution in [3.05, 3.63) is 54.0 Å². The Morgan fingerprint density at radius 3 is 2.38 bits per heavy atom. The number of methoxy groups -OCH3 is 2. The smallest absolute Gasteiger partial charge is 0.142 e. The van der Waals surface area contributed by atoms with Gasteiger partial charge in [-0.2, -0.15) is 0 Å². The van der Waals surface area contributed by atoms with E-state index in [1.165, 1.54) is 0 Å². The fourth-order valence-corrected chi connectivity index (χ4v) is 3.72. The lowest BCUT2D eigenvalue weighted by atomic mass is 10.0. The second kappa shape index (κ2) is 7.30. The molecule has 0 aromatic heterocycles. The van der Waals surface area contributed by atoms with Gasteiger partial charge in [-0.15, -0.1) is 0 Å². The van der Waals surface area contributed by atoms with Gasteiger partial charge in [0, 0.05) is 13.6 Å². The lowest BCUT2D eigenvalue weighted by Gasteiger charge is -2.19. The van der Waals surface area contributed by atoms with Crippen molar-refractivity contribution >= 4 is 54.5 Å². The second-order valence-electron chi connectivity index (χ2n) is 4.27. The molecule has 0 radical (unpaired) electrons. The normalized spacial score (nSPS) is 12.1. The van der Waals surface area contributed by atoms with Crippen LogP contribution in [-0.4, -0.2) is 19.3 Å². The molecule has 0 heterocycles. The highest BCUT2D eigenvalue weighted by Crippen LogP contribution is 2.42. The van der Waals surface area contributed by atoms with Gasteiger partial charge >= 0.3 is 0 Å². The summed E-state index contributed by atoms with van der Waals surface area (Å²) in [4.78, 5) is 0. The topological polar surface area (TPSA) is 38.7 Å². The summed E-state index contributed by atoms with van der Waals surface area (Å²) in [6.45, 7) is 0. The van der Waals surface area contributed by atoms with Crippen LogP contribution in [0.4, 0.5) is 0 Å². The third-order valence-corrected chi connectivity index (χ3v) is 5.29. The quantitative estimate of drug-likeness (QED) is 0.574. The summed E-state index contributed by atoms with van der Waals surface area (Å²) in [6, 6.07) is 9.41. The minimum atomic E-state index is -0.786. The average Bonchev–Trinajstić information content (AvgIpc) is 2.48. The van der Waals surface area contributed by atoms with Gasteiger partial charge in [0.1, 0.15) is 22.1 Å². The minimum Gasteiger partial charge on any atom is -0.495 e. The van der Waals surface area contributed by atoms with E-state index in [4.69, 9.17) is 9.47 Å². The first-order valence-electron chi connectivity index (χ1n) is 6.03. The summed E-state index contributed by atoms with van der Waals surface area (Å²) in [5, 5.41) is 10.7. The molecule has 3 nitrogen and oxygen atoms in total. The van der Waals surface area contributed by atoms with Gasteiger partial charge in [0.2, 0.25) is 0 Å². The van der Waals surface area contributed by atoms with Gasteiger partial charge < -0.3 is 14.6 Å². The molecule has 0 amide bonds. The summed E-state index contributed by atoms with van der Waals surface area (Å²) in [6.07, 6.45) is -0.786. The van der Waals surface area contributed by atoms with Crippen LogP contribution in [0.5, 0.6) is 11.5 Å². The molecule has 6 heteroatoms. The first-order chi connectivity index (χ1) is 9.99. The van der Waals surface area contributed by atoms with Crippen molar-refractivity contribution in [3.63, 3.8) is 0 Å². The number of rotatable bonds is 4. The fourth-order valence-electron chi connectivity index (χ4n) is 2.03. The standard InChI is InChI=1S/C15H13Br2IO3/c1-20-12-6-4-9(15(21-2)13(12)17)14(19)10-7-8(16)3-5-11(10)18/h3-7,14,19H,1-2H3. The summed E-state index contributed by atoms with van der Waals surface area (Å²) >= 11 is 9.10. The summed E-state index contributed by atoms with van der Waals surface area (Å²) in [5.74, 6) is 1.23. The Morgan fingerprint density at radius 2 is 1.76 bits per heavy atom. The van der Waals surface area contributed by atoms with Crippen LogP contribution in [0.15, 0.2) is 39.3 Å². The zero-order valence-electron chi connectivity index (χ0n) is 11.4. The molecular weight excluding hydrogens is 515 g/mol. The predicted molar refractivity (Wildman–Crippen MR) is 98.2 cm³/mol. The first-order valence-corrected chi connectivity index (χ1v) is 8.69. The fraction of sp³-hybridized carbons (Fsp3) is 0.200. The number of hydrogen-bond acceptors (Lipinski definition) is 3. The highest BCUT2D eigenvalue weighted by Gasteiger charge is 2.21. The molecule has 0 aliphatic carbocycles. The van der Waals surface area contributed by atoms with E-state index in [9.17, 15) is 5.11 Å². The van der Waals surface area contributed by atoms with Crippen LogP contribution in [0, 0.1) is 3.57 Å². The number of aliphatic hydroxyl groups is 1. The molecule has 1 atom stereocenters. The first kappa shape index (κ1) is 17.1. The van der Waals surface area contributed by atoms with E-state index in [1.54, 1.807) is 20.3 Å². The lowest BCUT2D eigenvalue weighted by Crippen LogP contribution is -2.05. The van der Waals surface area contributed by atoms with Gasteiger partial charge in [-0.1, -0.05) is 15.9 Å². The summed E-state index contributed by atoms with van der Waals surface area (Å²) in [5.41, 5.74) is 1.50. The Morgan fingerprint density at radius 1 is 1.05 bits per heavy atom. The van der Waals surface area contributed by atoms with Crippen LogP contribution < -0.4 is 9.47 Å². The van der Waals surface area contributed by atoms with Crippen LogP contribution in [0.3, 0.4) is 0 Å². The molecule has 0 aliphatic heterocycles. The molecule has 0 saturated carbocycles. The molecule has 0 aliphatic rings. The van der Waals surface area contributed by atoms with Crippen molar-refractivity contribution in [1.29, 1.82) is 0 Å². The van der Waals surface area contributed by atoms with Crippen LogP contribution in [0.2, 0.25) is 0 Å². The molecular formula is C15H13Br2IO3. The molecule has 2 rings (SSSR count). The van der Waals surface area contributed by atoms with Gasteiger partial charge in [-0.05, 0) is 74.4 Å². The molecule has 0 spiro atoms. The number of benzene rings is 2. The van der Waals surface area contributed by atoms with E-state index in [2.05, 4.69) is 54.5 Å². The largest absolute Gasteiger partial charge is 0.495 e. The van der Waals surface area contributed by atoms with Crippen molar-refractivity contribution in [2.45, 2.75) is 6.10 Å². The molecule has 0 saturated heterocycles. The van der Waals surface area contributed by atoms with E-state index < -0.39 is 6.10 Å². The Kier molecular flexibility index (Phi) is 5.93. The molecule has 1 N–H and O–H groups in total. The second-order valence-corrected chi connectivity index (χ2v) is 7.14. The van der Waals surface area contributed by atoms with E-state index in [-0.39, 0.29) is 0 Å². The van der Waals surface area contributed by atoms with Gasteiger partial charge in [-0.25, -0.2) is 0 Å². The maximum absolute atomic E-state index is 10.7. The SMILES string of the molecule is COc1ccc(C(O)c2cc(Br)ccc2I)c(OC)c1Br. The maximum atomic E-state index is 10.7. The number of aliphatic hydroxyl groups excluding tert-OH is 1. The monoisotopic (exact) mass is 526 g/mol. The Balaban J connectivity index is 2.55. The molecule has 112 valence electrons. The summed E-state index contributed by atoms with van der Waals surface area (Å²) in [7, 11) is 3.16. The third kappa shape index (κ3) is 3.55. The van der Waals surface area contributed by atoms with Crippen molar-refractivity contribution in [2.75, 3.05) is 14.2 Å². The zero-order chi connectivity index (χ0) is 15.6. The van der Waals surface area contributed by atoms with E-state index in [0.717, 1.165) is 13.6 Å².